The van der Waals surface area contributed by atoms with Crippen LogP contribution in [0.25, 0.3) is 0 Å². The summed E-state index contributed by atoms with van der Waals surface area (Å²) in [4.78, 5) is 11.5. The first-order valence-corrected chi connectivity index (χ1v) is 6.69. The number of carbonyl (C=O) groups excluding carboxylic acids is 1. The van der Waals surface area contributed by atoms with Crippen molar-refractivity contribution < 1.29 is 9.53 Å². The van der Waals surface area contributed by atoms with E-state index in [2.05, 4.69) is 19.2 Å². The Bertz CT molecular complexity index is 405. The summed E-state index contributed by atoms with van der Waals surface area (Å²) in [5, 5.41) is 2.86. The fourth-order valence-electron chi connectivity index (χ4n) is 1.54. The summed E-state index contributed by atoms with van der Waals surface area (Å²) in [7, 11) is 0. The first-order valence-electron chi connectivity index (χ1n) is 6.69. The van der Waals surface area contributed by atoms with E-state index in [-0.39, 0.29) is 24.4 Å². The van der Waals surface area contributed by atoms with Crippen LogP contribution in [0.1, 0.15) is 39.3 Å². The molecule has 0 saturated heterocycles. The molecule has 0 fully saturated rings. The number of rotatable bonds is 6. The van der Waals surface area contributed by atoms with E-state index in [4.69, 9.17) is 10.5 Å². The molecule has 5 heteroatoms. The summed E-state index contributed by atoms with van der Waals surface area (Å²) >= 11 is 0. The van der Waals surface area contributed by atoms with Crippen molar-refractivity contribution in [2.24, 2.45) is 11.7 Å². The van der Waals surface area contributed by atoms with Crippen molar-refractivity contribution in [2.45, 2.75) is 39.8 Å². The highest BCUT2D eigenvalue weighted by atomic mass is 35.5. The van der Waals surface area contributed by atoms with Crippen molar-refractivity contribution in [1.82, 2.24) is 5.32 Å². The smallest absolute Gasteiger partial charge is 0.237 e. The van der Waals surface area contributed by atoms with Crippen LogP contribution in [-0.2, 0) is 4.79 Å². The zero-order chi connectivity index (χ0) is 14.4. The third kappa shape index (κ3) is 6.26. The average molecular weight is 301 g/mol. The minimum atomic E-state index is -0.490. The monoisotopic (exact) mass is 300 g/mol. The quantitative estimate of drug-likeness (QED) is 0.849. The summed E-state index contributed by atoms with van der Waals surface area (Å²) in [6, 6.07) is 7.22. The van der Waals surface area contributed by atoms with E-state index in [1.54, 1.807) is 6.92 Å². The van der Waals surface area contributed by atoms with Gasteiger partial charge in [-0.05, 0) is 37.5 Å². The van der Waals surface area contributed by atoms with Crippen molar-refractivity contribution in [1.29, 1.82) is 0 Å². The molecule has 0 bridgehead atoms. The van der Waals surface area contributed by atoms with Gasteiger partial charge in [0.2, 0.25) is 5.91 Å². The Morgan fingerprint density at radius 2 is 1.75 bits per heavy atom. The van der Waals surface area contributed by atoms with Crippen molar-refractivity contribution in [3.8, 4) is 5.75 Å². The summed E-state index contributed by atoms with van der Waals surface area (Å²) in [5.74, 6) is 1.21. The molecule has 0 aliphatic heterocycles. The molecule has 0 spiro atoms. The van der Waals surface area contributed by atoms with E-state index >= 15 is 0 Å². The number of nitrogens with one attached hydrogen (secondary N) is 1. The summed E-state index contributed by atoms with van der Waals surface area (Å²) in [5.41, 5.74) is 6.56. The Balaban J connectivity index is 0.00000361. The molecule has 0 radical (unpaired) electrons. The highest BCUT2D eigenvalue weighted by Crippen LogP contribution is 2.18. The Kier molecular flexibility index (Phi) is 8.26. The molecule has 1 rings (SSSR count). The second-order valence-corrected chi connectivity index (χ2v) is 5.29. The maximum Gasteiger partial charge on any atom is 0.237 e. The standard InChI is InChI=1S/C15H24N2O2.ClH/c1-10(2)9-19-14-7-5-13(6-8-14)12(4)17-15(18)11(3)16;/h5-8,10-12H,9,16H2,1-4H3,(H,17,18);1H/t11-,12?;/m0./s1. The van der Waals surface area contributed by atoms with Crippen LogP contribution in [0.3, 0.4) is 0 Å². The number of benzene rings is 1. The molecule has 20 heavy (non-hydrogen) atoms. The summed E-state index contributed by atoms with van der Waals surface area (Å²) < 4.78 is 5.61. The average Bonchev–Trinajstić information content (AvgIpc) is 2.36. The molecule has 0 saturated carbocycles. The van der Waals surface area contributed by atoms with Gasteiger partial charge < -0.3 is 15.8 Å². The third-order valence-corrected chi connectivity index (χ3v) is 2.74. The maximum absolute atomic E-state index is 11.5. The minimum Gasteiger partial charge on any atom is -0.493 e. The molecular formula is C15H25ClN2O2. The van der Waals surface area contributed by atoms with E-state index in [1.807, 2.05) is 31.2 Å². The molecule has 1 unspecified atom stereocenters. The van der Waals surface area contributed by atoms with Crippen LogP contribution >= 0.6 is 12.4 Å². The lowest BCUT2D eigenvalue weighted by molar-refractivity contribution is -0.122. The third-order valence-electron chi connectivity index (χ3n) is 2.74. The largest absolute Gasteiger partial charge is 0.493 e. The normalized spacial score (nSPS) is 13.3. The van der Waals surface area contributed by atoms with E-state index in [0.29, 0.717) is 12.5 Å². The molecule has 0 heterocycles. The topological polar surface area (TPSA) is 64.3 Å². The van der Waals surface area contributed by atoms with Crippen LogP contribution in [-0.4, -0.2) is 18.6 Å². The van der Waals surface area contributed by atoms with Gasteiger partial charge in [0.25, 0.3) is 0 Å². The summed E-state index contributed by atoms with van der Waals surface area (Å²) in [6.07, 6.45) is 0. The molecule has 0 aliphatic carbocycles. The second-order valence-electron chi connectivity index (χ2n) is 5.29. The highest BCUT2D eigenvalue weighted by molar-refractivity contribution is 5.85. The van der Waals surface area contributed by atoms with Crippen molar-refractivity contribution >= 4 is 18.3 Å². The van der Waals surface area contributed by atoms with Crippen LogP contribution in [0.2, 0.25) is 0 Å². The number of amides is 1. The van der Waals surface area contributed by atoms with Crippen LogP contribution in [0.4, 0.5) is 0 Å². The molecule has 1 amide bonds. The molecule has 1 aromatic carbocycles. The Morgan fingerprint density at radius 1 is 1.20 bits per heavy atom. The van der Waals surface area contributed by atoms with E-state index in [9.17, 15) is 4.79 Å². The second kappa shape index (κ2) is 8.82. The van der Waals surface area contributed by atoms with Gasteiger partial charge in [0.05, 0.1) is 18.7 Å². The number of halogens is 1. The minimum absolute atomic E-state index is 0. The molecule has 3 N–H and O–H groups in total. The molecule has 0 aliphatic rings. The Hall–Kier alpha value is -1.26. The molecule has 4 nitrogen and oxygen atoms in total. The van der Waals surface area contributed by atoms with Crippen LogP contribution in [0.5, 0.6) is 5.75 Å². The lowest BCUT2D eigenvalue weighted by atomic mass is 10.1. The Morgan fingerprint density at radius 3 is 2.20 bits per heavy atom. The molecule has 0 aromatic heterocycles. The van der Waals surface area contributed by atoms with Gasteiger partial charge in [-0.15, -0.1) is 12.4 Å². The fourth-order valence-corrected chi connectivity index (χ4v) is 1.54. The van der Waals surface area contributed by atoms with Gasteiger partial charge in [-0.3, -0.25) is 4.79 Å². The molecule has 2 atom stereocenters. The van der Waals surface area contributed by atoms with Crippen LogP contribution in [0.15, 0.2) is 24.3 Å². The van der Waals surface area contributed by atoms with Crippen molar-refractivity contribution in [2.75, 3.05) is 6.61 Å². The van der Waals surface area contributed by atoms with E-state index < -0.39 is 6.04 Å². The van der Waals surface area contributed by atoms with Crippen molar-refractivity contribution in [3.63, 3.8) is 0 Å². The maximum atomic E-state index is 11.5. The van der Waals surface area contributed by atoms with Gasteiger partial charge in [-0.25, -0.2) is 0 Å². The van der Waals surface area contributed by atoms with Gasteiger partial charge in [0.1, 0.15) is 5.75 Å². The van der Waals surface area contributed by atoms with Gasteiger partial charge in [0.15, 0.2) is 0 Å². The first kappa shape index (κ1) is 18.7. The zero-order valence-electron chi connectivity index (χ0n) is 12.6. The zero-order valence-corrected chi connectivity index (χ0v) is 13.4. The highest BCUT2D eigenvalue weighted by Gasteiger charge is 2.12. The molecule has 1 aromatic rings. The van der Waals surface area contributed by atoms with Crippen LogP contribution in [0, 0.1) is 5.92 Å². The molecule has 114 valence electrons. The number of carbonyl (C=O) groups is 1. The van der Waals surface area contributed by atoms with Gasteiger partial charge in [0, 0.05) is 0 Å². The number of nitrogens with two attached hydrogens (primary N) is 1. The number of hydrogen-bond donors (Lipinski definition) is 2. The number of hydrogen-bond acceptors (Lipinski definition) is 3. The Labute approximate surface area is 127 Å². The fraction of sp³-hybridized carbons (Fsp3) is 0.533. The lowest BCUT2D eigenvalue weighted by Gasteiger charge is -2.16. The first-order chi connectivity index (χ1) is 8.90. The molecular weight excluding hydrogens is 276 g/mol. The van der Waals surface area contributed by atoms with Crippen LogP contribution < -0.4 is 15.8 Å². The van der Waals surface area contributed by atoms with E-state index in [1.165, 1.54) is 0 Å². The van der Waals surface area contributed by atoms with Gasteiger partial charge in [-0.2, -0.15) is 0 Å². The van der Waals surface area contributed by atoms with Crippen molar-refractivity contribution in [3.05, 3.63) is 29.8 Å². The predicted octanol–water partition coefficient (Wildman–Crippen LogP) is 2.67. The number of ether oxygens (including phenoxy) is 1. The van der Waals surface area contributed by atoms with E-state index in [0.717, 1.165) is 11.3 Å². The predicted molar refractivity (Wildman–Crippen MR) is 84.2 cm³/mol. The summed E-state index contributed by atoms with van der Waals surface area (Å²) in [6.45, 7) is 8.53. The van der Waals surface area contributed by atoms with Gasteiger partial charge in [-0.1, -0.05) is 26.0 Å². The SMILES string of the molecule is CC(C)COc1ccc(C(C)NC(=O)[C@H](C)N)cc1.Cl. The van der Waals surface area contributed by atoms with Gasteiger partial charge >= 0.3 is 0 Å². The lowest BCUT2D eigenvalue weighted by Crippen LogP contribution is -2.39.